The summed E-state index contributed by atoms with van der Waals surface area (Å²) in [5.74, 6) is 0.569. The highest BCUT2D eigenvalue weighted by atomic mass is 33.1. The summed E-state index contributed by atoms with van der Waals surface area (Å²) < 4.78 is 41.6. The van der Waals surface area contributed by atoms with E-state index in [0.29, 0.717) is 12.2 Å². The zero-order valence-electron chi connectivity index (χ0n) is 13.6. The molecule has 4 nitrogen and oxygen atoms in total. The van der Waals surface area contributed by atoms with Crippen molar-refractivity contribution in [2.24, 2.45) is 0 Å². The molecular formula is C17H20O4S4. The van der Waals surface area contributed by atoms with Crippen LogP contribution in [0, 0.1) is 0 Å². The second-order valence-electron chi connectivity index (χ2n) is 5.37. The second-order valence-corrected chi connectivity index (χ2v) is 12.8. The Morgan fingerprint density at radius 3 is 1.92 bits per heavy atom. The molecular weight excluding hydrogens is 396 g/mol. The molecule has 1 unspecified atom stereocenters. The lowest BCUT2D eigenvalue weighted by Gasteiger charge is -2.08. The molecule has 0 fully saturated rings. The molecule has 2 aromatic rings. The van der Waals surface area contributed by atoms with Crippen molar-refractivity contribution in [1.82, 2.24) is 0 Å². The molecule has 2 aromatic carbocycles. The summed E-state index contributed by atoms with van der Waals surface area (Å²) in [4.78, 5) is 0. The van der Waals surface area contributed by atoms with Gasteiger partial charge in [-0.3, -0.25) is 4.18 Å². The van der Waals surface area contributed by atoms with Gasteiger partial charge in [0, 0.05) is 16.9 Å². The maximum absolute atomic E-state index is 12.2. The summed E-state index contributed by atoms with van der Waals surface area (Å²) in [6, 6.07) is 18.3. The normalized spacial score (nSPS) is 14.1. The number of hydrogen-bond acceptors (Lipinski definition) is 6. The van der Waals surface area contributed by atoms with Crippen molar-refractivity contribution in [2.45, 2.75) is 17.9 Å². The topological polar surface area (TPSA) is 60.4 Å². The van der Waals surface area contributed by atoms with Crippen molar-refractivity contribution in [3.05, 3.63) is 71.8 Å². The van der Waals surface area contributed by atoms with Gasteiger partial charge in [-0.15, -0.1) is 0 Å². The summed E-state index contributed by atoms with van der Waals surface area (Å²) in [6.45, 7) is 0.184. The van der Waals surface area contributed by atoms with Crippen molar-refractivity contribution < 1.29 is 16.8 Å². The number of hydrogen-bond donors (Lipinski definition) is 0. The summed E-state index contributed by atoms with van der Waals surface area (Å²) >= 11 is 5.02. The lowest BCUT2D eigenvalue weighted by molar-refractivity contribution is 0.346. The van der Waals surface area contributed by atoms with Crippen LogP contribution in [0.25, 0.3) is 0 Å². The number of benzene rings is 2. The minimum atomic E-state index is -3.24. The van der Waals surface area contributed by atoms with Crippen LogP contribution >= 0.6 is 10.8 Å². The predicted molar refractivity (Wildman–Crippen MR) is 108 cm³/mol. The quantitative estimate of drug-likeness (QED) is 0.436. The lowest BCUT2D eigenvalue weighted by atomic mass is 10.2. The number of rotatable bonds is 10. The molecule has 0 aliphatic rings. The standard InChI is InChI=1S/C17H20O4S4/c18-24(19,14-16-8-3-1-4-9-16)23-13-7-12-21-25(20,22)15-17-10-5-2-6-11-17/h1-6,8-11H,7,12-15H2. The van der Waals surface area contributed by atoms with Gasteiger partial charge in [0.1, 0.15) is 8.77 Å². The van der Waals surface area contributed by atoms with Crippen molar-refractivity contribution in [2.75, 3.05) is 12.4 Å². The Bertz CT molecular complexity index is 775. The van der Waals surface area contributed by atoms with E-state index >= 15 is 0 Å². The first kappa shape index (κ1) is 20.4. The molecule has 0 N–H and O–H groups in total. The van der Waals surface area contributed by atoms with E-state index in [4.69, 9.17) is 15.4 Å². The van der Waals surface area contributed by atoms with Crippen molar-refractivity contribution in [3.8, 4) is 0 Å². The van der Waals surface area contributed by atoms with Crippen LogP contribution in [0.4, 0.5) is 0 Å². The molecule has 8 heteroatoms. The van der Waals surface area contributed by atoms with Crippen LogP contribution in [0.5, 0.6) is 0 Å². The molecule has 0 saturated carbocycles. The Labute approximate surface area is 158 Å². The van der Waals surface area contributed by atoms with E-state index in [0.717, 1.165) is 21.9 Å². The molecule has 0 amide bonds. The van der Waals surface area contributed by atoms with E-state index in [1.54, 1.807) is 12.1 Å². The molecule has 0 spiro atoms. The fourth-order valence-corrected chi connectivity index (χ4v) is 6.69. The van der Waals surface area contributed by atoms with Crippen LogP contribution in [0.3, 0.4) is 0 Å². The molecule has 0 radical (unpaired) electrons. The van der Waals surface area contributed by atoms with Gasteiger partial charge in [0.2, 0.25) is 8.87 Å². The Kier molecular flexibility index (Phi) is 7.89. The second kappa shape index (κ2) is 9.68. The van der Waals surface area contributed by atoms with Crippen LogP contribution in [0.15, 0.2) is 60.7 Å². The first-order valence-corrected chi connectivity index (χ1v) is 13.4. The molecule has 1 atom stereocenters. The summed E-state index contributed by atoms with van der Waals surface area (Å²) in [5.41, 5.74) is 1.63. The van der Waals surface area contributed by atoms with E-state index in [-0.39, 0.29) is 18.1 Å². The van der Waals surface area contributed by atoms with Crippen molar-refractivity contribution in [1.29, 1.82) is 0 Å². The molecule has 0 aliphatic heterocycles. The molecule has 2 rings (SSSR count). The first-order chi connectivity index (χ1) is 11.9. The van der Waals surface area contributed by atoms with Gasteiger partial charge in [-0.2, -0.15) is 0 Å². The predicted octanol–water partition coefficient (Wildman–Crippen LogP) is 3.52. The van der Waals surface area contributed by atoms with Gasteiger partial charge in [-0.05, 0) is 28.3 Å². The Balaban J connectivity index is 1.70. The average Bonchev–Trinajstić information content (AvgIpc) is 2.55. The van der Waals surface area contributed by atoms with Gasteiger partial charge in [0.25, 0.3) is 0 Å². The molecule has 0 saturated heterocycles. The van der Waals surface area contributed by atoms with E-state index < -0.39 is 17.6 Å². The third-order valence-corrected chi connectivity index (χ3v) is 8.47. The fraction of sp³-hybridized carbons (Fsp3) is 0.294. The molecule has 0 aliphatic carbocycles. The maximum Gasteiger partial charge on any atom is 0.205 e. The maximum atomic E-state index is 12.2. The molecule has 0 heterocycles. The van der Waals surface area contributed by atoms with E-state index in [1.165, 1.54) is 0 Å². The van der Waals surface area contributed by atoms with Crippen LogP contribution in [0.2, 0.25) is 0 Å². The van der Waals surface area contributed by atoms with Gasteiger partial charge < -0.3 is 0 Å². The average molecular weight is 417 g/mol. The molecule has 25 heavy (non-hydrogen) atoms. The first-order valence-electron chi connectivity index (χ1n) is 7.68. The fourth-order valence-electron chi connectivity index (χ4n) is 2.07. The zero-order valence-corrected chi connectivity index (χ0v) is 16.8. The van der Waals surface area contributed by atoms with Gasteiger partial charge in [-0.1, -0.05) is 60.7 Å². The van der Waals surface area contributed by atoms with Gasteiger partial charge >= 0.3 is 0 Å². The van der Waals surface area contributed by atoms with Gasteiger partial charge in [-0.25, -0.2) is 12.6 Å². The van der Waals surface area contributed by atoms with E-state index in [1.807, 2.05) is 48.5 Å². The minimum absolute atomic E-state index is 0.00511. The minimum Gasteiger partial charge on any atom is -0.290 e. The highest BCUT2D eigenvalue weighted by Crippen LogP contribution is 2.19. The van der Waals surface area contributed by atoms with Crippen LogP contribution < -0.4 is 0 Å². The summed E-state index contributed by atoms with van der Waals surface area (Å²) in [7, 11) is -5.17. The Morgan fingerprint density at radius 1 is 0.840 bits per heavy atom. The van der Waals surface area contributed by atoms with E-state index in [9.17, 15) is 12.6 Å². The summed E-state index contributed by atoms with van der Waals surface area (Å²) in [6.07, 6.45) is 0.473. The third kappa shape index (κ3) is 8.33. The Hall–Kier alpha value is -0.930. The van der Waals surface area contributed by atoms with Crippen molar-refractivity contribution in [3.63, 3.8) is 0 Å². The molecule has 0 bridgehead atoms. The van der Waals surface area contributed by atoms with E-state index in [2.05, 4.69) is 0 Å². The largest absolute Gasteiger partial charge is 0.290 e. The highest BCUT2D eigenvalue weighted by Gasteiger charge is 2.13. The third-order valence-electron chi connectivity index (χ3n) is 3.19. The SMILES string of the molecule is O=S(=O)(Cc1ccccc1)SCCCOS(=O)(=S)Cc1ccccc1. The zero-order chi connectivity index (χ0) is 18.2. The van der Waals surface area contributed by atoms with Crippen LogP contribution in [-0.2, 0) is 44.5 Å². The van der Waals surface area contributed by atoms with Gasteiger partial charge in [0.05, 0.1) is 18.1 Å². The monoisotopic (exact) mass is 416 g/mol. The van der Waals surface area contributed by atoms with Crippen LogP contribution in [-0.4, -0.2) is 25.0 Å². The highest BCUT2D eigenvalue weighted by molar-refractivity contribution is 8.71. The van der Waals surface area contributed by atoms with Crippen molar-refractivity contribution >= 4 is 39.6 Å². The smallest absolute Gasteiger partial charge is 0.205 e. The lowest BCUT2D eigenvalue weighted by Crippen LogP contribution is -2.09. The molecule has 136 valence electrons. The summed E-state index contributed by atoms with van der Waals surface area (Å²) in [5, 5.41) is 0. The van der Waals surface area contributed by atoms with Gasteiger partial charge in [0.15, 0.2) is 0 Å². The Morgan fingerprint density at radius 2 is 1.36 bits per heavy atom. The molecule has 0 aromatic heterocycles. The van der Waals surface area contributed by atoms with Crippen LogP contribution in [0.1, 0.15) is 17.5 Å².